The first-order chi connectivity index (χ1) is 5.85. The SMILES string of the molecule is C=CC/C(=C/OC)CCCCC. The molecule has 0 aromatic rings. The first-order valence-corrected chi connectivity index (χ1v) is 4.66. The summed E-state index contributed by atoms with van der Waals surface area (Å²) in [4.78, 5) is 0. The molecular weight excluding hydrogens is 148 g/mol. The molecule has 0 aliphatic heterocycles. The molecule has 0 rings (SSSR count). The number of ether oxygens (including phenoxy) is 1. The van der Waals surface area contributed by atoms with E-state index >= 15 is 0 Å². The Morgan fingerprint density at radius 2 is 2.17 bits per heavy atom. The molecular formula is C11H20O. The van der Waals surface area contributed by atoms with Gasteiger partial charge in [0.25, 0.3) is 0 Å². The third-order valence-electron chi connectivity index (χ3n) is 1.79. The van der Waals surface area contributed by atoms with Gasteiger partial charge in [0.2, 0.25) is 0 Å². The number of rotatable bonds is 7. The van der Waals surface area contributed by atoms with E-state index in [1.807, 2.05) is 12.3 Å². The Hall–Kier alpha value is -0.720. The van der Waals surface area contributed by atoms with Gasteiger partial charge in [0.15, 0.2) is 0 Å². The number of hydrogen-bond acceptors (Lipinski definition) is 1. The number of hydrogen-bond donors (Lipinski definition) is 0. The highest BCUT2D eigenvalue weighted by molar-refractivity contribution is 5.02. The zero-order chi connectivity index (χ0) is 9.23. The van der Waals surface area contributed by atoms with Crippen LogP contribution < -0.4 is 0 Å². The molecule has 0 unspecified atom stereocenters. The molecule has 0 spiro atoms. The summed E-state index contributed by atoms with van der Waals surface area (Å²) in [6.07, 6.45) is 9.71. The molecule has 12 heavy (non-hydrogen) atoms. The quantitative estimate of drug-likeness (QED) is 0.320. The summed E-state index contributed by atoms with van der Waals surface area (Å²) in [5.74, 6) is 0. The van der Waals surface area contributed by atoms with E-state index < -0.39 is 0 Å². The summed E-state index contributed by atoms with van der Waals surface area (Å²) in [5.41, 5.74) is 1.35. The van der Waals surface area contributed by atoms with E-state index in [4.69, 9.17) is 4.74 Å². The molecule has 0 aliphatic rings. The number of methoxy groups -OCH3 is 1. The second-order valence-electron chi connectivity index (χ2n) is 2.96. The minimum atomic E-state index is 0.956. The van der Waals surface area contributed by atoms with Crippen LogP contribution in [0.1, 0.15) is 39.0 Å². The van der Waals surface area contributed by atoms with Gasteiger partial charge in [-0.2, -0.15) is 0 Å². The summed E-state index contributed by atoms with van der Waals surface area (Å²) >= 11 is 0. The lowest BCUT2D eigenvalue weighted by molar-refractivity contribution is 0.331. The third kappa shape index (κ3) is 6.02. The molecule has 0 aliphatic carbocycles. The molecule has 0 bridgehead atoms. The summed E-state index contributed by atoms with van der Waals surface area (Å²) < 4.78 is 4.98. The molecule has 70 valence electrons. The van der Waals surface area contributed by atoms with E-state index in [9.17, 15) is 0 Å². The van der Waals surface area contributed by atoms with Crippen LogP contribution in [0.25, 0.3) is 0 Å². The zero-order valence-corrected chi connectivity index (χ0v) is 8.31. The normalized spacial score (nSPS) is 11.3. The molecule has 0 saturated heterocycles. The predicted octanol–water partition coefficient (Wildman–Crippen LogP) is 3.67. The molecule has 0 radical (unpaired) electrons. The largest absolute Gasteiger partial charge is 0.504 e. The van der Waals surface area contributed by atoms with Gasteiger partial charge in [0.1, 0.15) is 0 Å². The first kappa shape index (κ1) is 11.3. The van der Waals surface area contributed by atoms with Crippen LogP contribution in [0.4, 0.5) is 0 Å². The lowest BCUT2D eigenvalue weighted by atomic mass is 10.1. The maximum atomic E-state index is 4.98. The summed E-state index contributed by atoms with van der Waals surface area (Å²) in [6.45, 7) is 5.93. The molecule has 0 N–H and O–H groups in total. The van der Waals surface area contributed by atoms with Crippen molar-refractivity contribution in [3.8, 4) is 0 Å². The fourth-order valence-electron chi connectivity index (χ4n) is 1.16. The fraction of sp³-hybridized carbons (Fsp3) is 0.636. The Balaban J connectivity index is 3.63. The Morgan fingerprint density at radius 3 is 2.67 bits per heavy atom. The van der Waals surface area contributed by atoms with E-state index in [2.05, 4.69) is 13.5 Å². The van der Waals surface area contributed by atoms with E-state index in [0.717, 1.165) is 12.8 Å². The fourth-order valence-corrected chi connectivity index (χ4v) is 1.16. The van der Waals surface area contributed by atoms with Gasteiger partial charge < -0.3 is 4.74 Å². The van der Waals surface area contributed by atoms with Crippen LogP contribution in [0, 0.1) is 0 Å². The highest BCUT2D eigenvalue weighted by Gasteiger charge is 1.94. The van der Waals surface area contributed by atoms with Crippen molar-refractivity contribution in [3.63, 3.8) is 0 Å². The average molecular weight is 168 g/mol. The Labute approximate surface area is 76.1 Å². The second-order valence-corrected chi connectivity index (χ2v) is 2.96. The van der Waals surface area contributed by atoms with Crippen LogP contribution in [-0.4, -0.2) is 7.11 Å². The molecule has 0 saturated carbocycles. The molecule has 0 aromatic carbocycles. The zero-order valence-electron chi connectivity index (χ0n) is 8.31. The van der Waals surface area contributed by atoms with Gasteiger partial charge >= 0.3 is 0 Å². The number of unbranched alkanes of at least 4 members (excludes halogenated alkanes) is 2. The van der Waals surface area contributed by atoms with Crippen molar-refractivity contribution in [2.75, 3.05) is 7.11 Å². The van der Waals surface area contributed by atoms with E-state index in [1.54, 1.807) is 7.11 Å². The van der Waals surface area contributed by atoms with Gasteiger partial charge in [-0.1, -0.05) is 25.8 Å². The van der Waals surface area contributed by atoms with E-state index in [-0.39, 0.29) is 0 Å². The molecule has 0 aromatic heterocycles. The average Bonchev–Trinajstić information content (AvgIpc) is 2.06. The minimum Gasteiger partial charge on any atom is -0.504 e. The Bertz CT molecular complexity index is 136. The molecule has 0 atom stereocenters. The van der Waals surface area contributed by atoms with Crippen LogP contribution in [0.3, 0.4) is 0 Å². The van der Waals surface area contributed by atoms with E-state index in [0.29, 0.717) is 0 Å². The lowest BCUT2D eigenvalue weighted by Gasteiger charge is -2.03. The highest BCUT2D eigenvalue weighted by atomic mass is 16.5. The minimum absolute atomic E-state index is 0.956. The molecule has 0 fully saturated rings. The van der Waals surface area contributed by atoms with Gasteiger partial charge in [-0.05, 0) is 24.8 Å². The van der Waals surface area contributed by atoms with Crippen LogP contribution in [0.2, 0.25) is 0 Å². The van der Waals surface area contributed by atoms with Crippen molar-refractivity contribution in [3.05, 3.63) is 24.5 Å². The van der Waals surface area contributed by atoms with Crippen molar-refractivity contribution in [2.45, 2.75) is 39.0 Å². The smallest absolute Gasteiger partial charge is 0.0819 e. The van der Waals surface area contributed by atoms with Gasteiger partial charge in [-0.25, -0.2) is 0 Å². The predicted molar refractivity (Wildman–Crippen MR) is 54.0 cm³/mol. The first-order valence-electron chi connectivity index (χ1n) is 4.66. The summed E-state index contributed by atoms with van der Waals surface area (Å²) in [7, 11) is 1.70. The van der Waals surface area contributed by atoms with Crippen molar-refractivity contribution in [1.82, 2.24) is 0 Å². The third-order valence-corrected chi connectivity index (χ3v) is 1.79. The van der Waals surface area contributed by atoms with Crippen LogP contribution in [0.5, 0.6) is 0 Å². The molecule has 0 amide bonds. The molecule has 0 heterocycles. The Morgan fingerprint density at radius 1 is 1.42 bits per heavy atom. The van der Waals surface area contributed by atoms with Crippen LogP contribution in [-0.2, 0) is 4.74 Å². The second kappa shape index (κ2) is 8.38. The maximum absolute atomic E-state index is 4.98. The summed E-state index contributed by atoms with van der Waals surface area (Å²) in [6, 6.07) is 0. The molecule has 1 nitrogen and oxygen atoms in total. The molecule has 1 heteroatoms. The van der Waals surface area contributed by atoms with Crippen molar-refractivity contribution >= 4 is 0 Å². The van der Waals surface area contributed by atoms with Gasteiger partial charge in [0, 0.05) is 0 Å². The van der Waals surface area contributed by atoms with Gasteiger partial charge in [0.05, 0.1) is 13.4 Å². The van der Waals surface area contributed by atoms with Crippen LogP contribution in [0.15, 0.2) is 24.5 Å². The van der Waals surface area contributed by atoms with E-state index in [1.165, 1.54) is 24.8 Å². The highest BCUT2D eigenvalue weighted by Crippen LogP contribution is 2.12. The van der Waals surface area contributed by atoms with Crippen molar-refractivity contribution in [1.29, 1.82) is 0 Å². The van der Waals surface area contributed by atoms with Gasteiger partial charge in [-0.15, -0.1) is 6.58 Å². The summed E-state index contributed by atoms with van der Waals surface area (Å²) in [5, 5.41) is 0. The van der Waals surface area contributed by atoms with Crippen LogP contribution >= 0.6 is 0 Å². The Kier molecular flexibility index (Phi) is 7.87. The number of allylic oxidation sites excluding steroid dienone is 2. The topological polar surface area (TPSA) is 9.23 Å². The van der Waals surface area contributed by atoms with Crippen molar-refractivity contribution in [2.24, 2.45) is 0 Å². The lowest BCUT2D eigenvalue weighted by Crippen LogP contribution is -1.84. The monoisotopic (exact) mass is 168 g/mol. The van der Waals surface area contributed by atoms with Crippen molar-refractivity contribution < 1.29 is 4.74 Å². The van der Waals surface area contributed by atoms with Gasteiger partial charge in [-0.3, -0.25) is 0 Å². The standard InChI is InChI=1S/C11H20O/c1-4-6-7-9-11(8-5-2)10-12-3/h5,10H,2,4,6-9H2,1,3H3/b11-10-. The maximum Gasteiger partial charge on any atom is 0.0819 e.